The molecule has 0 radical (unpaired) electrons. The van der Waals surface area contributed by atoms with E-state index in [4.69, 9.17) is 0 Å². The van der Waals surface area contributed by atoms with Crippen molar-refractivity contribution < 1.29 is 5.11 Å². The minimum absolute atomic E-state index is 0.362. The van der Waals surface area contributed by atoms with E-state index in [1.165, 1.54) is 69.8 Å². The van der Waals surface area contributed by atoms with Crippen LogP contribution in [-0.4, -0.2) is 11.7 Å². The normalized spacial score (nSPS) is 17.5. The van der Waals surface area contributed by atoms with Gasteiger partial charge in [0.2, 0.25) is 0 Å². The van der Waals surface area contributed by atoms with Gasteiger partial charge in [-0.25, -0.2) is 0 Å². The van der Waals surface area contributed by atoms with Crippen LogP contribution in [0.1, 0.15) is 71.1 Å². The first-order valence-electron chi connectivity index (χ1n) is 7.18. The Hall–Kier alpha value is -0.300. The topological polar surface area (TPSA) is 20.2 Å². The van der Waals surface area contributed by atoms with Crippen molar-refractivity contribution in [1.29, 1.82) is 0 Å². The molecule has 1 heteroatoms. The monoisotopic (exact) mass is 224 g/mol. The van der Waals surface area contributed by atoms with Crippen molar-refractivity contribution in [1.82, 2.24) is 0 Å². The zero-order chi connectivity index (χ0) is 11.6. The van der Waals surface area contributed by atoms with Gasteiger partial charge in [-0.1, -0.05) is 57.1 Å². The quantitative estimate of drug-likeness (QED) is 0.453. The number of unbranched alkanes of at least 4 members (excludes halogenated alkanes) is 5. The van der Waals surface area contributed by atoms with Gasteiger partial charge >= 0.3 is 0 Å². The average Bonchev–Trinajstić information content (AvgIpc) is 2.82. The first-order valence-corrected chi connectivity index (χ1v) is 7.18. The van der Waals surface area contributed by atoms with Crippen molar-refractivity contribution in [2.75, 3.05) is 6.61 Å². The Bertz CT molecular complexity index is 196. The van der Waals surface area contributed by atoms with Crippen LogP contribution in [-0.2, 0) is 0 Å². The summed E-state index contributed by atoms with van der Waals surface area (Å²) in [4.78, 5) is 0. The predicted molar refractivity (Wildman–Crippen MR) is 70.5 cm³/mol. The zero-order valence-corrected chi connectivity index (χ0v) is 10.9. The molecule has 1 unspecified atom stereocenters. The lowest BCUT2D eigenvalue weighted by Gasteiger charge is -2.15. The molecular weight excluding hydrogens is 196 g/mol. The Labute approximate surface area is 101 Å². The van der Waals surface area contributed by atoms with E-state index in [2.05, 4.69) is 13.0 Å². The molecule has 0 fully saturated rings. The molecule has 0 aliphatic heterocycles. The van der Waals surface area contributed by atoms with Crippen LogP contribution in [0.2, 0.25) is 0 Å². The van der Waals surface area contributed by atoms with E-state index in [1.807, 2.05) is 0 Å². The first-order chi connectivity index (χ1) is 7.88. The molecule has 0 aromatic rings. The molecule has 1 N–H and O–H groups in total. The van der Waals surface area contributed by atoms with Gasteiger partial charge in [0.05, 0.1) is 0 Å². The molecule has 0 saturated heterocycles. The summed E-state index contributed by atoms with van der Waals surface area (Å²) in [6, 6.07) is 0. The van der Waals surface area contributed by atoms with Crippen molar-refractivity contribution in [3.8, 4) is 0 Å². The number of rotatable bonds is 9. The van der Waals surface area contributed by atoms with Crippen LogP contribution in [0, 0.1) is 5.92 Å². The van der Waals surface area contributed by atoms with Crippen LogP contribution >= 0.6 is 0 Å². The lowest BCUT2D eigenvalue weighted by atomic mass is 9.93. The third-order valence-electron chi connectivity index (χ3n) is 3.73. The van der Waals surface area contributed by atoms with Crippen molar-refractivity contribution in [2.45, 2.75) is 71.1 Å². The second-order valence-corrected chi connectivity index (χ2v) is 5.11. The predicted octanol–water partition coefficient (Wildman–Crippen LogP) is 4.46. The van der Waals surface area contributed by atoms with Crippen LogP contribution in [0.4, 0.5) is 0 Å². The van der Waals surface area contributed by atoms with E-state index in [1.54, 1.807) is 0 Å². The fourth-order valence-corrected chi connectivity index (χ4v) is 2.63. The largest absolute Gasteiger partial charge is 0.396 e. The van der Waals surface area contributed by atoms with Gasteiger partial charge in [0.15, 0.2) is 0 Å². The third kappa shape index (κ3) is 5.16. The number of allylic oxidation sites excluding steroid dienone is 1. The van der Waals surface area contributed by atoms with Gasteiger partial charge < -0.3 is 5.11 Å². The third-order valence-corrected chi connectivity index (χ3v) is 3.73. The van der Waals surface area contributed by atoms with Gasteiger partial charge in [-0.15, -0.1) is 0 Å². The molecule has 0 spiro atoms. The Balaban J connectivity index is 2.05. The van der Waals surface area contributed by atoms with Gasteiger partial charge in [-0.2, -0.15) is 0 Å². The highest BCUT2D eigenvalue weighted by Crippen LogP contribution is 2.28. The molecule has 0 amide bonds. The molecule has 94 valence electrons. The smallest absolute Gasteiger partial charge is 0.0496 e. The van der Waals surface area contributed by atoms with Crippen LogP contribution in [0.25, 0.3) is 0 Å². The Morgan fingerprint density at radius 1 is 1.19 bits per heavy atom. The SMILES string of the molecule is CCCCCCCCC(CO)C1=CCCC1. The molecule has 1 nitrogen and oxygen atoms in total. The fourth-order valence-electron chi connectivity index (χ4n) is 2.63. The van der Waals surface area contributed by atoms with Gasteiger partial charge in [-0.3, -0.25) is 0 Å². The average molecular weight is 224 g/mol. The number of hydrogen-bond acceptors (Lipinski definition) is 1. The Kier molecular flexibility index (Phi) is 7.58. The van der Waals surface area contributed by atoms with E-state index in [0.717, 1.165) is 0 Å². The molecule has 1 aliphatic rings. The Morgan fingerprint density at radius 3 is 2.56 bits per heavy atom. The van der Waals surface area contributed by atoms with E-state index in [-0.39, 0.29) is 0 Å². The van der Waals surface area contributed by atoms with Crippen molar-refractivity contribution in [3.05, 3.63) is 11.6 Å². The summed E-state index contributed by atoms with van der Waals surface area (Å²) >= 11 is 0. The van der Waals surface area contributed by atoms with E-state index in [9.17, 15) is 5.11 Å². The van der Waals surface area contributed by atoms with Crippen LogP contribution in [0.5, 0.6) is 0 Å². The number of aliphatic hydroxyl groups is 1. The van der Waals surface area contributed by atoms with Crippen molar-refractivity contribution in [3.63, 3.8) is 0 Å². The summed E-state index contributed by atoms with van der Waals surface area (Å²) in [6.07, 6.45) is 15.5. The summed E-state index contributed by atoms with van der Waals surface area (Å²) in [5.74, 6) is 0.480. The van der Waals surface area contributed by atoms with E-state index >= 15 is 0 Å². The fraction of sp³-hybridized carbons (Fsp3) is 0.867. The minimum Gasteiger partial charge on any atom is -0.396 e. The molecule has 1 rings (SSSR count). The van der Waals surface area contributed by atoms with E-state index < -0.39 is 0 Å². The summed E-state index contributed by atoms with van der Waals surface area (Å²) in [5.41, 5.74) is 1.54. The maximum Gasteiger partial charge on any atom is 0.0496 e. The molecule has 0 aromatic carbocycles. The maximum absolute atomic E-state index is 9.39. The van der Waals surface area contributed by atoms with E-state index in [0.29, 0.717) is 12.5 Å². The van der Waals surface area contributed by atoms with Crippen molar-refractivity contribution >= 4 is 0 Å². The molecule has 0 heterocycles. The van der Waals surface area contributed by atoms with Crippen LogP contribution < -0.4 is 0 Å². The highest BCUT2D eigenvalue weighted by atomic mass is 16.3. The summed E-state index contributed by atoms with van der Waals surface area (Å²) in [7, 11) is 0. The van der Waals surface area contributed by atoms with Gasteiger partial charge in [0, 0.05) is 12.5 Å². The zero-order valence-electron chi connectivity index (χ0n) is 10.9. The molecule has 0 saturated carbocycles. The van der Waals surface area contributed by atoms with Crippen LogP contribution in [0.3, 0.4) is 0 Å². The molecular formula is C15H28O. The minimum atomic E-state index is 0.362. The standard InChI is InChI=1S/C15H28O/c1-2-3-4-5-6-7-12-15(13-16)14-10-8-9-11-14/h10,15-16H,2-9,11-13H2,1H3. The van der Waals surface area contributed by atoms with Crippen molar-refractivity contribution in [2.24, 2.45) is 5.92 Å². The highest BCUT2D eigenvalue weighted by Gasteiger charge is 2.15. The molecule has 1 aliphatic carbocycles. The van der Waals surface area contributed by atoms with Crippen LogP contribution in [0.15, 0.2) is 11.6 Å². The second-order valence-electron chi connectivity index (χ2n) is 5.11. The summed E-state index contributed by atoms with van der Waals surface area (Å²) in [5, 5.41) is 9.39. The lowest BCUT2D eigenvalue weighted by molar-refractivity contribution is 0.234. The molecule has 0 aromatic heterocycles. The van der Waals surface area contributed by atoms with Gasteiger partial charge in [0.25, 0.3) is 0 Å². The number of aliphatic hydroxyl groups excluding tert-OH is 1. The second kappa shape index (κ2) is 8.81. The lowest BCUT2D eigenvalue weighted by Crippen LogP contribution is -2.08. The highest BCUT2D eigenvalue weighted by molar-refractivity contribution is 5.11. The number of hydrogen-bond donors (Lipinski definition) is 1. The Morgan fingerprint density at radius 2 is 1.94 bits per heavy atom. The first kappa shape index (κ1) is 13.8. The summed E-state index contributed by atoms with van der Waals surface area (Å²) < 4.78 is 0. The summed E-state index contributed by atoms with van der Waals surface area (Å²) in [6.45, 7) is 2.62. The molecule has 16 heavy (non-hydrogen) atoms. The maximum atomic E-state index is 9.39. The van der Waals surface area contributed by atoms with Gasteiger partial charge in [0.1, 0.15) is 0 Å². The molecule has 1 atom stereocenters. The van der Waals surface area contributed by atoms with Gasteiger partial charge in [-0.05, 0) is 25.7 Å². The molecule has 0 bridgehead atoms.